The Bertz CT molecular complexity index is 2830. The number of pyridine rings is 1. The quantitative estimate of drug-likeness (QED) is 0.181. The number of aromatic nitrogens is 3. The maximum absolute atomic E-state index is 5.39. The van der Waals surface area contributed by atoms with Crippen LogP contribution in [0.5, 0.6) is 0 Å². The van der Waals surface area contributed by atoms with Crippen molar-refractivity contribution in [3.05, 3.63) is 182 Å². The van der Waals surface area contributed by atoms with Gasteiger partial charge in [-0.15, -0.1) is 0 Å². The van der Waals surface area contributed by atoms with Crippen molar-refractivity contribution in [2.45, 2.75) is 13.3 Å². The van der Waals surface area contributed by atoms with E-state index < -0.39 is 0 Å². The van der Waals surface area contributed by atoms with Crippen LogP contribution in [0.25, 0.3) is 82.9 Å². The van der Waals surface area contributed by atoms with Crippen molar-refractivity contribution in [3.8, 4) is 33.8 Å². The Morgan fingerprint density at radius 3 is 1.73 bits per heavy atom. The van der Waals surface area contributed by atoms with Gasteiger partial charge in [0, 0.05) is 27.2 Å². The van der Waals surface area contributed by atoms with Gasteiger partial charge in [-0.25, -0.2) is 4.98 Å². The average Bonchev–Trinajstić information content (AvgIpc) is 3.71. The summed E-state index contributed by atoms with van der Waals surface area (Å²) >= 11 is 0. The van der Waals surface area contributed by atoms with Crippen molar-refractivity contribution in [3.63, 3.8) is 0 Å². The topological polar surface area (TPSA) is 22.8 Å². The summed E-state index contributed by atoms with van der Waals surface area (Å²) in [7, 11) is 0. The monoisotopic (exact) mass is 653 g/mol. The van der Waals surface area contributed by atoms with E-state index in [1.807, 2.05) is 0 Å². The van der Waals surface area contributed by atoms with Gasteiger partial charge in [-0.05, 0) is 101 Å². The standard InChI is InChI=1S/C48H35N3/c1-32-13-12-16-36(27-32)43-30-37(33-14-4-2-5-15-33)31-48(49-43)51-45-22-11-9-20-40(45)42-29-35(24-26-47(42)51)34-23-25-46-41(28-34)39-19-8-10-21-44(39)50(46)38-17-6-3-7-18-38/h2-26,28-32H,27H2,1H3. The highest BCUT2D eigenvalue weighted by Gasteiger charge is 2.19. The van der Waals surface area contributed by atoms with Crippen molar-refractivity contribution in [1.82, 2.24) is 14.1 Å². The van der Waals surface area contributed by atoms with Crippen molar-refractivity contribution in [2.75, 3.05) is 0 Å². The summed E-state index contributed by atoms with van der Waals surface area (Å²) in [4.78, 5) is 5.39. The first-order valence-electron chi connectivity index (χ1n) is 17.8. The first-order chi connectivity index (χ1) is 25.2. The molecule has 0 saturated carbocycles. The summed E-state index contributed by atoms with van der Waals surface area (Å²) < 4.78 is 4.72. The minimum Gasteiger partial charge on any atom is -0.309 e. The second-order valence-corrected chi connectivity index (χ2v) is 13.7. The Labute approximate surface area is 297 Å². The van der Waals surface area contributed by atoms with Crippen molar-refractivity contribution < 1.29 is 0 Å². The molecule has 3 heterocycles. The SMILES string of the molecule is CC1C=CC=C(c2cc(-c3ccccc3)cc(-n3c4ccccc4c4cc(-c5ccc6c(c5)c5ccccc5n6-c5ccccc5)ccc43)n2)C1. The van der Waals surface area contributed by atoms with Gasteiger partial charge in [0.05, 0.1) is 27.8 Å². The molecule has 10 rings (SSSR count). The second-order valence-electron chi connectivity index (χ2n) is 13.7. The van der Waals surface area contributed by atoms with Gasteiger partial charge in [0.1, 0.15) is 5.82 Å². The first kappa shape index (κ1) is 29.5. The Hall–Kier alpha value is -6.45. The third kappa shape index (κ3) is 4.93. The third-order valence-corrected chi connectivity index (χ3v) is 10.4. The summed E-state index contributed by atoms with van der Waals surface area (Å²) in [6.07, 6.45) is 7.66. The molecule has 0 radical (unpaired) electrons. The predicted molar refractivity (Wildman–Crippen MR) is 215 cm³/mol. The van der Waals surface area contributed by atoms with Crippen LogP contribution < -0.4 is 0 Å². The molecule has 0 saturated heterocycles. The molecule has 3 heteroatoms. The van der Waals surface area contributed by atoms with Gasteiger partial charge in [-0.3, -0.25) is 4.57 Å². The Morgan fingerprint density at radius 1 is 0.490 bits per heavy atom. The number of benzene rings is 6. The lowest BCUT2D eigenvalue weighted by Crippen LogP contribution is -2.04. The molecule has 0 spiro atoms. The molecule has 0 N–H and O–H groups in total. The van der Waals surface area contributed by atoms with Crippen molar-refractivity contribution in [1.29, 1.82) is 0 Å². The molecular weight excluding hydrogens is 619 g/mol. The molecule has 0 amide bonds. The average molecular weight is 654 g/mol. The molecule has 9 aromatic rings. The minimum absolute atomic E-state index is 0.483. The highest BCUT2D eigenvalue weighted by Crippen LogP contribution is 2.39. The molecule has 1 aliphatic carbocycles. The summed E-state index contributed by atoms with van der Waals surface area (Å²) in [5.74, 6) is 1.42. The third-order valence-electron chi connectivity index (χ3n) is 10.4. The first-order valence-corrected chi connectivity index (χ1v) is 17.8. The van der Waals surface area contributed by atoms with Crippen LogP contribution in [0.1, 0.15) is 19.0 Å². The van der Waals surface area contributed by atoms with E-state index in [-0.39, 0.29) is 0 Å². The number of nitrogens with zero attached hydrogens (tertiary/aromatic N) is 3. The number of allylic oxidation sites excluding steroid dienone is 4. The number of hydrogen-bond donors (Lipinski definition) is 0. The fourth-order valence-electron chi connectivity index (χ4n) is 8.03. The molecule has 0 fully saturated rings. The van der Waals surface area contributed by atoms with Crippen LogP contribution >= 0.6 is 0 Å². The van der Waals surface area contributed by atoms with E-state index in [9.17, 15) is 0 Å². The lowest BCUT2D eigenvalue weighted by molar-refractivity contribution is 0.746. The van der Waals surface area contributed by atoms with E-state index in [0.717, 1.165) is 29.0 Å². The Balaban J connectivity index is 1.16. The maximum Gasteiger partial charge on any atom is 0.138 e. The van der Waals surface area contributed by atoms with Crippen LogP contribution in [0.3, 0.4) is 0 Å². The van der Waals surface area contributed by atoms with Gasteiger partial charge in [-0.2, -0.15) is 0 Å². The van der Waals surface area contributed by atoms with E-state index >= 15 is 0 Å². The highest BCUT2D eigenvalue weighted by molar-refractivity contribution is 6.12. The zero-order valence-corrected chi connectivity index (χ0v) is 28.4. The molecule has 51 heavy (non-hydrogen) atoms. The number of hydrogen-bond acceptors (Lipinski definition) is 1. The predicted octanol–water partition coefficient (Wildman–Crippen LogP) is 12.6. The zero-order valence-electron chi connectivity index (χ0n) is 28.4. The van der Waals surface area contributed by atoms with Gasteiger partial charge in [-0.1, -0.05) is 122 Å². The van der Waals surface area contributed by atoms with Gasteiger partial charge in [0.2, 0.25) is 0 Å². The van der Waals surface area contributed by atoms with Crippen molar-refractivity contribution in [2.24, 2.45) is 5.92 Å². The molecule has 0 aliphatic heterocycles. The van der Waals surface area contributed by atoms with Crippen LogP contribution in [-0.2, 0) is 0 Å². The normalized spacial score (nSPS) is 14.5. The number of rotatable bonds is 5. The van der Waals surface area contributed by atoms with E-state index in [1.54, 1.807) is 0 Å². The summed E-state index contributed by atoms with van der Waals surface area (Å²) in [6, 6.07) is 57.1. The number of para-hydroxylation sites is 3. The van der Waals surface area contributed by atoms with E-state index in [1.165, 1.54) is 66.1 Å². The molecule has 242 valence electrons. The van der Waals surface area contributed by atoms with E-state index in [4.69, 9.17) is 4.98 Å². The highest BCUT2D eigenvalue weighted by atomic mass is 15.1. The summed E-state index contributed by atoms with van der Waals surface area (Å²) in [5.41, 5.74) is 13.0. The molecule has 0 bridgehead atoms. The van der Waals surface area contributed by atoms with Gasteiger partial charge in [0.15, 0.2) is 0 Å². The number of fused-ring (bicyclic) bond motifs is 6. The lowest BCUT2D eigenvalue weighted by Gasteiger charge is -2.17. The van der Waals surface area contributed by atoms with Gasteiger partial charge in [0.25, 0.3) is 0 Å². The fourth-order valence-corrected chi connectivity index (χ4v) is 8.03. The molecule has 1 aliphatic rings. The molecule has 1 atom stereocenters. The molecule has 1 unspecified atom stereocenters. The molecular formula is C48H35N3. The summed E-state index contributed by atoms with van der Waals surface area (Å²) in [5, 5.41) is 4.95. The van der Waals surface area contributed by atoms with Crippen LogP contribution in [0.15, 0.2) is 176 Å². The maximum atomic E-state index is 5.39. The Kier molecular flexibility index (Phi) is 6.85. The van der Waals surface area contributed by atoms with Gasteiger partial charge >= 0.3 is 0 Å². The largest absolute Gasteiger partial charge is 0.309 e. The summed E-state index contributed by atoms with van der Waals surface area (Å²) in [6.45, 7) is 2.27. The van der Waals surface area contributed by atoms with Crippen LogP contribution in [0.4, 0.5) is 0 Å². The van der Waals surface area contributed by atoms with Crippen LogP contribution in [0.2, 0.25) is 0 Å². The minimum atomic E-state index is 0.483. The van der Waals surface area contributed by atoms with Crippen LogP contribution in [0, 0.1) is 5.92 Å². The van der Waals surface area contributed by atoms with Crippen LogP contribution in [-0.4, -0.2) is 14.1 Å². The van der Waals surface area contributed by atoms with Gasteiger partial charge < -0.3 is 4.57 Å². The lowest BCUT2D eigenvalue weighted by atomic mass is 9.92. The molecule has 3 nitrogen and oxygen atoms in total. The van der Waals surface area contributed by atoms with E-state index in [0.29, 0.717) is 5.92 Å². The zero-order chi connectivity index (χ0) is 33.9. The van der Waals surface area contributed by atoms with Crippen molar-refractivity contribution >= 4 is 49.2 Å². The van der Waals surface area contributed by atoms with E-state index in [2.05, 4.69) is 192 Å². The smallest absolute Gasteiger partial charge is 0.138 e. The Morgan fingerprint density at radius 2 is 1.06 bits per heavy atom. The molecule has 3 aromatic heterocycles. The second kappa shape index (κ2) is 11.9. The molecule has 6 aromatic carbocycles. The fraction of sp³-hybridized carbons (Fsp3) is 0.0625.